The first-order chi connectivity index (χ1) is 14.0. The fraction of sp³-hybridized carbons (Fsp3) is 0.609. The molecular formula is C23H36N4O2. The van der Waals surface area contributed by atoms with E-state index in [2.05, 4.69) is 52.3 Å². The lowest BCUT2D eigenvalue weighted by Crippen LogP contribution is -2.40. The minimum Gasteiger partial charge on any atom is -0.491 e. The Hall–Kier alpha value is -1.89. The summed E-state index contributed by atoms with van der Waals surface area (Å²) in [6.07, 6.45) is 5.99. The SMILES string of the molecule is Cc1cc(CN(C)Cc2cccc(OC[C@@H](O)CN(C)C3CCCCC3)c2)n[nH]1. The number of H-pyrrole nitrogens is 1. The zero-order chi connectivity index (χ0) is 20.6. The minimum absolute atomic E-state index is 0.322. The van der Waals surface area contributed by atoms with Gasteiger partial charge in [-0.25, -0.2) is 0 Å². The summed E-state index contributed by atoms with van der Waals surface area (Å²) >= 11 is 0. The second-order valence-electron chi connectivity index (χ2n) is 8.56. The molecule has 1 aromatic heterocycles. The third-order valence-electron chi connectivity index (χ3n) is 5.68. The van der Waals surface area contributed by atoms with E-state index in [9.17, 15) is 5.11 Å². The Morgan fingerprint density at radius 3 is 2.69 bits per heavy atom. The summed E-state index contributed by atoms with van der Waals surface area (Å²) in [6, 6.07) is 10.8. The van der Waals surface area contributed by atoms with Crippen molar-refractivity contribution in [2.24, 2.45) is 0 Å². The molecular weight excluding hydrogens is 364 g/mol. The maximum absolute atomic E-state index is 10.4. The van der Waals surface area contributed by atoms with E-state index >= 15 is 0 Å². The van der Waals surface area contributed by atoms with Gasteiger partial charge >= 0.3 is 0 Å². The molecule has 0 spiro atoms. The lowest BCUT2D eigenvalue weighted by molar-refractivity contribution is 0.0561. The molecule has 1 heterocycles. The van der Waals surface area contributed by atoms with E-state index in [1.54, 1.807) is 0 Å². The number of aromatic nitrogens is 2. The van der Waals surface area contributed by atoms with Crippen LogP contribution >= 0.6 is 0 Å². The van der Waals surface area contributed by atoms with Crippen molar-refractivity contribution < 1.29 is 9.84 Å². The summed E-state index contributed by atoms with van der Waals surface area (Å²) < 4.78 is 5.89. The lowest BCUT2D eigenvalue weighted by Gasteiger charge is -2.32. The van der Waals surface area contributed by atoms with Crippen molar-refractivity contribution in [1.82, 2.24) is 20.0 Å². The van der Waals surface area contributed by atoms with Gasteiger partial charge in [-0.05, 0) is 57.6 Å². The van der Waals surface area contributed by atoms with Crippen LogP contribution in [-0.4, -0.2) is 64.5 Å². The van der Waals surface area contributed by atoms with Crippen molar-refractivity contribution in [3.63, 3.8) is 0 Å². The predicted octanol–water partition coefficient (Wildman–Crippen LogP) is 3.35. The van der Waals surface area contributed by atoms with E-state index in [-0.39, 0.29) is 0 Å². The number of aliphatic hydroxyl groups excluding tert-OH is 1. The Kier molecular flexibility index (Phi) is 8.09. The van der Waals surface area contributed by atoms with Crippen molar-refractivity contribution in [3.8, 4) is 5.75 Å². The van der Waals surface area contributed by atoms with Crippen LogP contribution in [0.25, 0.3) is 0 Å². The van der Waals surface area contributed by atoms with Crippen molar-refractivity contribution in [3.05, 3.63) is 47.3 Å². The standard InChI is InChI=1S/C23H36N4O2/c1-18-12-20(25-24-18)15-26(2)14-19-8-7-11-23(13-19)29-17-22(28)16-27(3)21-9-5-4-6-10-21/h7-8,11-13,21-22,28H,4-6,9-10,14-17H2,1-3H3,(H,24,25)/t22-/m0/s1. The van der Waals surface area contributed by atoms with Crippen molar-refractivity contribution in [2.45, 2.75) is 64.3 Å². The Morgan fingerprint density at radius 1 is 1.17 bits per heavy atom. The molecule has 3 rings (SSSR count). The molecule has 0 saturated heterocycles. The second kappa shape index (κ2) is 10.8. The highest BCUT2D eigenvalue weighted by molar-refractivity contribution is 5.28. The van der Waals surface area contributed by atoms with Gasteiger partial charge in [0, 0.05) is 31.4 Å². The van der Waals surface area contributed by atoms with Crippen molar-refractivity contribution in [1.29, 1.82) is 0 Å². The number of aliphatic hydroxyl groups is 1. The van der Waals surface area contributed by atoms with Gasteiger partial charge in [0.15, 0.2) is 0 Å². The number of benzene rings is 1. The number of nitrogens with one attached hydrogen (secondary N) is 1. The van der Waals surface area contributed by atoms with Gasteiger partial charge in [-0.3, -0.25) is 10.00 Å². The normalized spacial score (nSPS) is 16.5. The number of ether oxygens (including phenoxy) is 1. The van der Waals surface area contributed by atoms with Crippen LogP contribution in [-0.2, 0) is 13.1 Å². The molecule has 1 atom stereocenters. The van der Waals surface area contributed by atoms with Gasteiger partial charge in [0.1, 0.15) is 18.5 Å². The second-order valence-corrected chi connectivity index (χ2v) is 8.56. The smallest absolute Gasteiger partial charge is 0.119 e. The van der Waals surface area contributed by atoms with Crippen molar-refractivity contribution in [2.75, 3.05) is 27.2 Å². The average molecular weight is 401 g/mol. The van der Waals surface area contributed by atoms with Crippen LogP contribution in [0, 0.1) is 6.92 Å². The summed E-state index contributed by atoms with van der Waals surface area (Å²) in [5.41, 5.74) is 3.31. The van der Waals surface area contributed by atoms with E-state index in [0.29, 0.717) is 19.2 Å². The molecule has 1 aliphatic carbocycles. The van der Waals surface area contributed by atoms with Crippen LogP contribution < -0.4 is 4.74 Å². The quantitative estimate of drug-likeness (QED) is 0.640. The van der Waals surface area contributed by atoms with E-state index in [1.807, 2.05) is 19.1 Å². The maximum Gasteiger partial charge on any atom is 0.119 e. The Bertz CT molecular complexity index is 742. The lowest BCUT2D eigenvalue weighted by atomic mass is 9.94. The van der Waals surface area contributed by atoms with Crippen molar-refractivity contribution >= 4 is 0 Å². The third kappa shape index (κ3) is 7.14. The van der Waals surface area contributed by atoms with E-state index < -0.39 is 6.10 Å². The largest absolute Gasteiger partial charge is 0.491 e. The van der Waals surface area contributed by atoms with Gasteiger partial charge in [-0.2, -0.15) is 5.10 Å². The molecule has 1 aliphatic rings. The fourth-order valence-electron chi connectivity index (χ4n) is 4.18. The molecule has 2 aromatic rings. The van der Waals surface area contributed by atoms with Gasteiger partial charge < -0.3 is 14.7 Å². The summed E-state index contributed by atoms with van der Waals surface area (Å²) in [5.74, 6) is 0.811. The van der Waals surface area contributed by atoms with Crippen LogP contribution in [0.5, 0.6) is 5.75 Å². The van der Waals surface area contributed by atoms with E-state index in [0.717, 1.165) is 30.2 Å². The highest BCUT2D eigenvalue weighted by Gasteiger charge is 2.20. The molecule has 1 saturated carbocycles. The number of likely N-dealkylation sites (N-methyl/N-ethyl adjacent to an activating group) is 1. The molecule has 0 amide bonds. The Balaban J connectivity index is 1.43. The number of hydrogen-bond donors (Lipinski definition) is 2. The summed E-state index contributed by atoms with van der Waals surface area (Å²) in [6.45, 7) is 4.61. The summed E-state index contributed by atoms with van der Waals surface area (Å²) in [4.78, 5) is 4.53. The fourth-order valence-corrected chi connectivity index (χ4v) is 4.18. The zero-order valence-electron chi connectivity index (χ0n) is 18.1. The number of hydrogen-bond acceptors (Lipinski definition) is 5. The van der Waals surface area contributed by atoms with Gasteiger partial charge in [-0.1, -0.05) is 31.4 Å². The first-order valence-electron chi connectivity index (χ1n) is 10.8. The van der Waals surface area contributed by atoms with E-state index in [1.165, 1.54) is 37.7 Å². The van der Waals surface area contributed by atoms with E-state index in [4.69, 9.17) is 4.74 Å². The number of aryl methyl sites for hydroxylation is 1. The molecule has 0 aliphatic heterocycles. The molecule has 6 heteroatoms. The van der Waals surface area contributed by atoms with Crippen LogP contribution in [0.15, 0.2) is 30.3 Å². The Labute approximate surface area is 174 Å². The van der Waals surface area contributed by atoms with Gasteiger partial charge in [0.2, 0.25) is 0 Å². The van der Waals surface area contributed by atoms with Crippen LogP contribution in [0.3, 0.4) is 0 Å². The highest BCUT2D eigenvalue weighted by atomic mass is 16.5. The average Bonchev–Trinajstić information content (AvgIpc) is 3.11. The minimum atomic E-state index is -0.476. The molecule has 6 nitrogen and oxygen atoms in total. The molecule has 160 valence electrons. The summed E-state index contributed by atoms with van der Waals surface area (Å²) in [5, 5.41) is 17.7. The number of aromatic amines is 1. The monoisotopic (exact) mass is 400 g/mol. The third-order valence-corrected chi connectivity index (χ3v) is 5.68. The highest BCUT2D eigenvalue weighted by Crippen LogP contribution is 2.22. The predicted molar refractivity (Wildman–Crippen MR) is 116 cm³/mol. The number of rotatable bonds is 10. The molecule has 0 unspecified atom stereocenters. The van der Waals surface area contributed by atoms with Gasteiger partial charge in [-0.15, -0.1) is 0 Å². The van der Waals surface area contributed by atoms with Crippen LogP contribution in [0.1, 0.15) is 49.1 Å². The van der Waals surface area contributed by atoms with Gasteiger partial charge in [0.05, 0.1) is 5.69 Å². The van der Waals surface area contributed by atoms with Crippen LogP contribution in [0.2, 0.25) is 0 Å². The molecule has 0 radical (unpaired) electrons. The van der Waals surface area contributed by atoms with Crippen LogP contribution in [0.4, 0.5) is 0 Å². The molecule has 29 heavy (non-hydrogen) atoms. The number of nitrogens with zero attached hydrogens (tertiary/aromatic N) is 3. The maximum atomic E-state index is 10.4. The Morgan fingerprint density at radius 2 is 1.97 bits per heavy atom. The molecule has 2 N–H and O–H groups in total. The zero-order valence-corrected chi connectivity index (χ0v) is 18.1. The topological polar surface area (TPSA) is 64.6 Å². The first kappa shape index (κ1) is 21.8. The summed E-state index contributed by atoms with van der Waals surface area (Å²) in [7, 11) is 4.21. The molecule has 0 bridgehead atoms. The van der Waals surface area contributed by atoms with Gasteiger partial charge in [0.25, 0.3) is 0 Å². The molecule has 1 fully saturated rings. The molecule has 1 aromatic carbocycles. The first-order valence-corrected chi connectivity index (χ1v) is 10.8.